The number of rotatable bonds is 6. The molecular weight excluding hydrogens is 261 g/mol. The molecule has 1 fully saturated rings. The Kier molecular flexibility index (Phi) is 4.52. The number of hydrogen-bond donors (Lipinski definition) is 1. The average molecular weight is 284 g/mol. The van der Waals surface area contributed by atoms with E-state index in [1.807, 2.05) is 6.07 Å². The highest BCUT2D eigenvalue weighted by atomic mass is 35.5. The lowest BCUT2D eigenvalue weighted by Crippen LogP contribution is -2.38. The monoisotopic (exact) mass is 283 g/mol. The van der Waals surface area contributed by atoms with Gasteiger partial charge in [-0.3, -0.25) is 0 Å². The second kappa shape index (κ2) is 5.80. The van der Waals surface area contributed by atoms with E-state index in [-0.39, 0.29) is 16.3 Å². The summed E-state index contributed by atoms with van der Waals surface area (Å²) in [6, 6.07) is 5.87. The molecule has 0 aromatic heterocycles. The minimum Gasteiger partial charge on any atom is -0.313 e. The molecule has 1 saturated carbocycles. The summed E-state index contributed by atoms with van der Waals surface area (Å²) in [5.74, 6) is 0.220. The maximum atomic E-state index is 13.5. The van der Waals surface area contributed by atoms with Crippen LogP contribution in [0, 0.1) is 17.2 Å². The Hall–Kier alpha value is -0.600. The van der Waals surface area contributed by atoms with Crippen LogP contribution in [-0.2, 0) is 6.42 Å². The zero-order valence-corrected chi connectivity index (χ0v) is 12.7. The summed E-state index contributed by atoms with van der Waals surface area (Å²) in [4.78, 5) is 0. The van der Waals surface area contributed by atoms with E-state index in [0.29, 0.717) is 12.0 Å². The molecule has 0 heterocycles. The summed E-state index contributed by atoms with van der Waals surface area (Å²) in [6.07, 6.45) is 3.46. The third-order valence-corrected chi connectivity index (χ3v) is 4.66. The maximum Gasteiger partial charge on any atom is 0.142 e. The molecule has 19 heavy (non-hydrogen) atoms. The highest BCUT2D eigenvalue weighted by molar-refractivity contribution is 6.30. The molecule has 1 nitrogen and oxygen atoms in total. The van der Waals surface area contributed by atoms with Gasteiger partial charge in [-0.2, -0.15) is 0 Å². The second-order valence-electron chi connectivity index (χ2n) is 6.39. The van der Waals surface area contributed by atoms with E-state index in [4.69, 9.17) is 11.6 Å². The summed E-state index contributed by atoms with van der Waals surface area (Å²) in [5.41, 5.74) is 1.17. The van der Waals surface area contributed by atoms with Crippen molar-refractivity contribution in [2.75, 3.05) is 6.54 Å². The van der Waals surface area contributed by atoms with Gasteiger partial charge in [0, 0.05) is 12.6 Å². The molecule has 0 amide bonds. The molecule has 0 radical (unpaired) electrons. The molecule has 0 aliphatic heterocycles. The first kappa shape index (κ1) is 14.8. The molecule has 1 N–H and O–H groups in total. The average Bonchev–Trinajstić information content (AvgIpc) is 3.15. The molecule has 0 saturated heterocycles. The Morgan fingerprint density at radius 1 is 1.42 bits per heavy atom. The summed E-state index contributed by atoms with van der Waals surface area (Å²) in [5, 5.41) is 3.81. The lowest BCUT2D eigenvalue weighted by molar-refractivity contribution is 0.206. The predicted octanol–water partition coefficient (Wildman–Crippen LogP) is 4.44. The standard InChI is InChI=1S/C16H23ClFN/c1-11(2)16(3,10-19-13-5-6-13)9-12-4-7-14(17)15(18)8-12/h4,7-8,11,13,19H,5-6,9-10H2,1-3H3. The van der Waals surface area contributed by atoms with Crippen molar-refractivity contribution in [3.63, 3.8) is 0 Å². The van der Waals surface area contributed by atoms with E-state index >= 15 is 0 Å². The Balaban J connectivity index is 2.07. The van der Waals surface area contributed by atoms with Crippen LogP contribution in [0.25, 0.3) is 0 Å². The van der Waals surface area contributed by atoms with Crippen LogP contribution in [0.15, 0.2) is 18.2 Å². The first-order valence-corrected chi connectivity index (χ1v) is 7.46. The van der Waals surface area contributed by atoms with Gasteiger partial charge in [-0.05, 0) is 48.3 Å². The summed E-state index contributed by atoms with van der Waals surface area (Å²) < 4.78 is 13.5. The van der Waals surface area contributed by atoms with Crippen LogP contribution in [0.4, 0.5) is 4.39 Å². The summed E-state index contributed by atoms with van der Waals surface area (Å²) >= 11 is 5.74. The fraction of sp³-hybridized carbons (Fsp3) is 0.625. The molecule has 0 bridgehead atoms. The first-order chi connectivity index (χ1) is 8.90. The van der Waals surface area contributed by atoms with Gasteiger partial charge in [0.2, 0.25) is 0 Å². The number of halogens is 2. The molecule has 1 aliphatic carbocycles. The number of nitrogens with one attached hydrogen (secondary N) is 1. The molecule has 0 spiro atoms. The topological polar surface area (TPSA) is 12.0 Å². The van der Waals surface area contributed by atoms with Gasteiger partial charge in [0.15, 0.2) is 0 Å². The van der Waals surface area contributed by atoms with E-state index < -0.39 is 0 Å². The van der Waals surface area contributed by atoms with Crippen LogP contribution in [0.5, 0.6) is 0 Å². The Labute approximate surface area is 120 Å². The summed E-state index contributed by atoms with van der Waals surface area (Å²) in [6.45, 7) is 7.74. The predicted molar refractivity (Wildman–Crippen MR) is 79.1 cm³/mol. The van der Waals surface area contributed by atoms with Crippen LogP contribution in [-0.4, -0.2) is 12.6 Å². The van der Waals surface area contributed by atoms with Gasteiger partial charge in [0.1, 0.15) is 5.82 Å². The van der Waals surface area contributed by atoms with Gasteiger partial charge in [0.05, 0.1) is 5.02 Å². The quantitative estimate of drug-likeness (QED) is 0.814. The molecule has 3 heteroatoms. The van der Waals surface area contributed by atoms with Crippen LogP contribution in [0.2, 0.25) is 5.02 Å². The first-order valence-electron chi connectivity index (χ1n) is 7.08. The van der Waals surface area contributed by atoms with Gasteiger partial charge in [-0.1, -0.05) is 38.4 Å². The van der Waals surface area contributed by atoms with Crippen molar-refractivity contribution in [2.24, 2.45) is 11.3 Å². The molecule has 1 aromatic carbocycles. The zero-order chi connectivity index (χ0) is 14.0. The Bertz CT molecular complexity index is 442. The van der Waals surface area contributed by atoms with Crippen molar-refractivity contribution in [2.45, 2.75) is 46.1 Å². The molecular formula is C16H23ClFN. The molecule has 106 valence electrons. The van der Waals surface area contributed by atoms with E-state index in [2.05, 4.69) is 26.1 Å². The van der Waals surface area contributed by atoms with E-state index in [9.17, 15) is 4.39 Å². The minimum atomic E-state index is -0.319. The second-order valence-corrected chi connectivity index (χ2v) is 6.80. The fourth-order valence-corrected chi connectivity index (χ4v) is 2.37. The smallest absolute Gasteiger partial charge is 0.142 e. The third-order valence-electron chi connectivity index (χ3n) is 4.36. The van der Waals surface area contributed by atoms with Crippen molar-refractivity contribution in [1.82, 2.24) is 5.32 Å². The number of benzene rings is 1. The van der Waals surface area contributed by atoms with E-state index in [0.717, 1.165) is 18.5 Å². The van der Waals surface area contributed by atoms with Crippen LogP contribution in [0.3, 0.4) is 0 Å². The molecule has 1 atom stereocenters. The van der Waals surface area contributed by atoms with Gasteiger partial charge in [-0.15, -0.1) is 0 Å². The highest BCUT2D eigenvalue weighted by Crippen LogP contribution is 2.33. The van der Waals surface area contributed by atoms with Gasteiger partial charge >= 0.3 is 0 Å². The third kappa shape index (κ3) is 3.93. The molecule has 1 aromatic rings. The van der Waals surface area contributed by atoms with Crippen molar-refractivity contribution in [1.29, 1.82) is 0 Å². The highest BCUT2D eigenvalue weighted by Gasteiger charge is 2.31. The summed E-state index contributed by atoms with van der Waals surface area (Å²) in [7, 11) is 0. The Morgan fingerprint density at radius 2 is 2.11 bits per heavy atom. The van der Waals surface area contributed by atoms with Crippen molar-refractivity contribution in [3.8, 4) is 0 Å². The van der Waals surface area contributed by atoms with Gasteiger partial charge < -0.3 is 5.32 Å². The maximum absolute atomic E-state index is 13.5. The lowest BCUT2D eigenvalue weighted by Gasteiger charge is -2.34. The largest absolute Gasteiger partial charge is 0.313 e. The van der Waals surface area contributed by atoms with Gasteiger partial charge in [0.25, 0.3) is 0 Å². The Morgan fingerprint density at radius 3 is 2.63 bits per heavy atom. The number of hydrogen-bond acceptors (Lipinski definition) is 1. The minimum absolute atomic E-state index is 0.142. The van der Waals surface area contributed by atoms with Crippen molar-refractivity contribution < 1.29 is 4.39 Å². The lowest BCUT2D eigenvalue weighted by atomic mass is 9.74. The van der Waals surface area contributed by atoms with Crippen molar-refractivity contribution in [3.05, 3.63) is 34.6 Å². The normalized spacial score (nSPS) is 18.6. The van der Waals surface area contributed by atoms with E-state index in [1.165, 1.54) is 12.8 Å². The van der Waals surface area contributed by atoms with E-state index in [1.54, 1.807) is 12.1 Å². The van der Waals surface area contributed by atoms with Crippen molar-refractivity contribution >= 4 is 11.6 Å². The molecule has 2 rings (SSSR count). The van der Waals surface area contributed by atoms with Crippen LogP contribution >= 0.6 is 11.6 Å². The van der Waals surface area contributed by atoms with Gasteiger partial charge in [-0.25, -0.2) is 4.39 Å². The molecule has 1 unspecified atom stereocenters. The van der Waals surface area contributed by atoms with Crippen LogP contribution < -0.4 is 5.32 Å². The SMILES string of the molecule is CC(C)C(C)(CNC1CC1)Cc1ccc(Cl)c(F)c1. The zero-order valence-electron chi connectivity index (χ0n) is 12.0. The molecule has 1 aliphatic rings. The fourth-order valence-electron chi connectivity index (χ4n) is 2.25. The van der Waals surface area contributed by atoms with Crippen LogP contribution in [0.1, 0.15) is 39.2 Å².